The molecule has 29 heavy (non-hydrogen) atoms. The minimum Gasteiger partial charge on any atom is -0.487 e. The van der Waals surface area contributed by atoms with Crippen LogP contribution in [-0.4, -0.2) is 17.5 Å². The summed E-state index contributed by atoms with van der Waals surface area (Å²) in [6.07, 6.45) is 1.38. The van der Waals surface area contributed by atoms with Crippen LogP contribution in [0, 0.1) is 0 Å². The zero-order valence-corrected chi connectivity index (χ0v) is 16.7. The number of ether oxygens (including phenoxy) is 3. The van der Waals surface area contributed by atoms with E-state index in [1.807, 2.05) is 44.2 Å². The number of hydrogen-bond acceptors (Lipinski definition) is 5. The largest absolute Gasteiger partial charge is 0.487 e. The monoisotopic (exact) mass is 390 g/mol. The summed E-state index contributed by atoms with van der Waals surface area (Å²) in [7, 11) is 0. The number of hydrogen-bond donors (Lipinski definition) is 0. The van der Waals surface area contributed by atoms with Crippen molar-refractivity contribution in [2.45, 2.75) is 39.2 Å². The fourth-order valence-corrected chi connectivity index (χ4v) is 3.58. The molecule has 0 aromatic heterocycles. The molecule has 1 aliphatic rings. The Hall–Kier alpha value is -3.34. The fourth-order valence-electron chi connectivity index (χ4n) is 3.58. The summed E-state index contributed by atoms with van der Waals surface area (Å²) in [4.78, 5) is 24.6. The molecule has 0 bridgehead atoms. The van der Waals surface area contributed by atoms with Gasteiger partial charge in [0.15, 0.2) is 11.5 Å². The average Bonchev–Trinajstić information content (AvgIpc) is 2.70. The summed E-state index contributed by atoms with van der Waals surface area (Å²) < 4.78 is 17.6. The maximum atomic E-state index is 12.8. The van der Waals surface area contributed by atoms with E-state index in [0.29, 0.717) is 23.1 Å². The lowest BCUT2D eigenvalue weighted by Gasteiger charge is -2.34. The molecule has 5 heteroatoms. The third-order valence-electron chi connectivity index (χ3n) is 4.98. The zero-order valence-electron chi connectivity index (χ0n) is 16.7. The van der Waals surface area contributed by atoms with E-state index in [9.17, 15) is 9.59 Å². The normalized spacial score (nSPS) is 14.6. The summed E-state index contributed by atoms with van der Waals surface area (Å²) in [5.74, 6) is 0.173. The number of rotatable bonds is 3. The van der Waals surface area contributed by atoms with Crippen LogP contribution in [0.2, 0.25) is 0 Å². The molecule has 148 valence electrons. The van der Waals surface area contributed by atoms with Crippen LogP contribution in [0.4, 0.5) is 0 Å². The summed E-state index contributed by atoms with van der Waals surface area (Å²) >= 11 is 0. The first kappa shape index (κ1) is 19.0. The molecule has 5 nitrogen and oxygen atoms in total. The number of fused-ring (bicyclic) bond motifs is 3. The molecular formula is C24H22O5. The van der Waals surface area contributed by atoms with Crippen molar-refractivity contribution in [2.24, 2.45) is 0 Å². The van der Waals surface area contributed by atoms with Crippen molar-refractivity contribution in [1.29, 1.82) is 0 Å². The van der Waals surface area contributed by atoms with Crippen molar-refractivity contribution < 1.29 is 23.8 Å². The second-order valence-corrected chi connectivity index (χ2v) is 7.72. The molecular weight excluding hydrogens is 368 g/mol. The molecule has 0 saturated heterocycles. The van der Waals surface area contributed by atoms with Gasteiger partial charge >= 0.3 is 11.9 Å². The lowest BCUT2D eigenvalue weighted by Crippen LogP contribution is -2.33. The van der Waals surface area contributed by atoms with Crippen molar-refractivity contribution in [3.8, 4) is 17.2 Å². The lowest BCUT2D eigenvalue weighted by atomic mass is 9.91. The van der Waals surface area contributed by atoms with E-state index >= 15 is 0 Å². The number of carbonyl (C=O) groups is 2. The van der Waals surface area contributed by atoms with Crippen LogP contribution in [0.5, 0.6) is 17.2 Å². The third-order valence-corrected chi connectivity index (χ3v) is 4.98. The maximum absolute atomic E-state index is 12.8. The Bertz CT molecular complexity index is 1100. The molecule has 0 aliphatic carbocycles. The van der Waals surface area contributed by atoms with E-state index in [0.717, 1.165) is 17.4 Å². The molecule has 0 saturated carbocycles. The first-order valence-corrected chi connectivity index (χ1v) is 9.58. The molecule has 0 radical (unpaired) electrons. The minimum absolute atomic E-state index is 0.248. The van der Waals surface area contributed by atoms with Gasteiger partial charge in [0.25, 0.3) is 0 Å². The van der Waals surface area contributed by atoms with Crippen molar-refractivity contribution in [2.75, 3.05) is 0 Å². The molecule has 0 amide bonds. The molecule has 3 aromatic carbocycles. The van der Waals surface area contributed by atoms with Gasteiger partial charge in [-0.1, -0.05) is 42.5 Å². The quantitative estimate of drug-likeness (QED) is 0.461. The number of carbonyl (C=O) groups excluding carboxylic acids is 2. The molecule has 1 aliphatic heterocycles. The average molecular weight is 390 g/mol. The molecule has 3 aromatic rings. The van der Waals surface area contributed by atoms with Gasteiger partial charge in [-0.05, 0) is 38.8 Å². The maximum Gasteiger partial charge on any atom is 0.343 e. The standard InChI is InChI=1S/C24H22O5/c1-15(25)27-21-18-12-8-7-11-17(18)20-19(13-14-24(2,3)29-20)22(21)28-23(26)16-9-5-4-6-10-16/h4-12H,13-14H2,1-3H3. The molecule has 1 heterocycles. The Labute approximate surface area is 169 Å². The highest BCUT2D eigenvalue weighted by atomic mass is 16.6. The van der Waals surface area contributed by atoms with Gasteiger partial charge in [-0.15, -0.1) is 0 Å². The molecule has 0 N–H and O–H groups in total. The summed E-state index contributed by atoms with van der Waals surface area (Å²) in [5, 5.41) is 1.49. The van der Waals surface area contributed by atoms with E-state index in [2.05, 4.69) is 0 Å². The summed E-state index contributed by atoms with van der Waals surface area (Å²) in [6, 6.07) is 16.2. The van der Waals surface area contributed by atoms with E-state index in [-0.39, 0.29) is 17.1 Å². The van der Waals surface area contributed by atoms with E-state index < -0.39 is 11.9 Å². The highest BCUT2D eigenvalue weighted by Crippen LogP contribution is 2.50. The van der Waals surface area contributed by atoms with Crippen LogP contribution in [-0.2, 0) is 11.2 Å². The first-order valence-electron chi connectivity index (χ1n) is 9.58. The van der Waals surface area contributed by atoms with Gasteiger partial charge in [-0.25, -0.2) is 4.79 Å². The second kappa shape index (κ2) is 7.24. The van der Waals surface area contributed by atoms with E-state index in [1.54, 1.807) is 24.3 Å². The first-order chi connectivity index (χ1) is 13.9. The molecule has 0 unspecified atom stereocenters. The highest BCUT2D eigenvalue weighted by Gasteiger charge is 2.34. The molecule has 4 rings (SSSR count). The van der Waals surface area contributed by atoms with Gasteiger partial charge in [0.2, 0.25) is 0 Å². The van der Waals surface area contributed by atoms with Crippen LogP contribution in [0.15, 0.2) is 54.6 Å². The summed E-state index contributed by atoms with van der Waals surface area (Å²) in [5.41, 5.74) is 0.809. The van der Waals surface area contributed by atoms with Gasteiger partial charge in [0, 0.05) is 23.3 Å². The van der Waals surface area contributed by atoms with Gasteiger partial charge in [0.05, 0.1) is 5.56 Å². The Kier molecular flexibility index (Phi) is 4.74. The zero-order chi connectivity index (χ0) is 20.6. The van der Waals surface area contributed by atoms with Crippen LogP contribution in [0.3, 0.4) is 0 Å². The fraction of sp³-hybridized carbons (Fsp3) is 0.250. The van der Waals surface area contributed by atoms with Gasteiger partial charge in [-0.2, -0.15) is 0 Å². The van der Waals surface area contributed by atoms with E-state index in [4.69, 9.17) is 14.2 Å². The van der Waals surface area contributed by atoms with Gasteiger partial charge < -0.3 is 14.2 Å². The van der Waals surface area contributed by atoms with Crippen molar-refractivity contribution >= 4 is 22.7 Å². The Morgan fingerprint density at radius 3 is 2.24 bits per heavy atom. The second-order valence-electron chi connectivity index (χ2n) is 7.72. The summed E-state index contributed by atoms with van der Waals surface area (Å²) in [6.45, 7) is 5.39. The Morgan fingerprint density at radius 2 is 1.55 bits per heavy atom. The van der Waals surface area contributed by atoms with Gasteiger partial charge in [-0.3, -0.25) is 4.79 Å². The van der Waals surface area contributed by atoms with Crippen LogP contribution in [0.1, 0.15) is 43.1 Å². The topological polar surface area (TPSA) is 61.8 Å². The van der Waals surface area contributed by atoms with Crippen molar-refractivity contribution in [1.82, 2.24) is 0 Å². The van der Waals surface area contributed by atoms with Crippen LogP contribution >= 0.6 is 0 Å². The smallest absolute Gasteiger partial charge is 0.343 e. The Balaban J connectivity index is 1.93. The molecule has 0 fully saturated rings. The van der Waals surface area contributed by atoms with Crippen LogP contribution in [0.25, 0.3) is 10.8 Å². The number of esters is 2. The van der Waals surface area contributed by atoms with Crippen molar-refractivity contribution in [3.63, 3.8) is 0 Å². The van der Waals surface area contributed by atoms with Gasteiger partial charge in [0.1, 0.15) is 11.4 Å². The SMILES string of the molecule is CC(=O)Oc1c(OC(=O)c2ccccc2)c2c(c3ccccc13)OC(C)(C)CC2. The van der Waals surface area contributed by atoms with Crippen molar-refractivity contribution in [3.05, 3.63) is 65.7 Å². The molecule has 0 spiro atoms. The Morgan fingerprint density at radius 1 is 0.897 bits per heavy atom. The predicted molar refractivity (Wildman–Crippen MR) is 110 cm³/mol. The predicted octanol–water partition coefficient (Wildman–Crippen LogP) is 5.09. The van der Waals surface area contributed by atoms with E-state index in [1.165, 1.54) is 6.92 Å². The lowest BCUT2D eigenvalue weighted by molar-refractivity contribution is -0.131. The van der Waals surface area contributed by atoms with Crippen LogP contribution < -0.4 is 14.2 Å². The third kappa shape index (κ3) is 3.68. The molecule has 0 atom stereocenters. The number of benzene rings is 3. The highest BCUT2D eigenvalue weighted by molar-refractivity contribution is 6.00. The minimum atomic E-state index is -0.513.